The molecular weight excluding hydrogens is 390 g/mol. The van der Waals surface area contributed by atoms with Gasteiger partial charge < -0.3 is 14.4 Å². The molecule has 0 N–H and O–H groups in total. The van der Waals surface area contributed by atoms with Crippen molar-refractivity contribution in [2.45, 2.75) is 19.3 Å². The van der Waals surface area contributed by atoms with E-state index in [1.54, 1.807) is 11.0 Å². The fourth-order valence-electron chi connectivity index (χ4n) is 4.18. The van der Waals surface area contributed by atoms with Crippen LogP contribution in [0.25, 0.3) is 10.8 Å². The highest BCUT2D eigenvalue weighted by atomic mass is 16.5. The molecule has 1 aliphatic rings. The molecule has 0 aromatic heterocycles. The van der Waals surface area contributed by atoms with E-state index in [4.69, 9.17) is 9.47 Å². The fraction of sp³-hybridized carbons (Fsp3) is 0.308. The van der Waals surface area contributed by atoms with Crippen molar-refractivity contribution in [3.63, 3.8) is 0 Å². The van der Waals surface area contributed by atoms with Crippen LogP contribution in [0.5, 0.6) is 5.75 Å². The lowest BCUT2D eigenvalue weighted by Crippen LogP contribution is -2.41. The van der Waals surface area contributed by atoms with Crippen molar-refractivity contribution in [3.05, 3.63) is 77.9 Å². The van der Waals surface area contributed by atoms with Crippen molar-refractivity contribution in [1.82, 2.24) is 4.90 Å². The van der Waals surface area contributed by atoms with E-state index in [1.807, 2.05) is 36.4 Å². The van der Waals surface area contributed by atoms with Gasteiger partial charge in [-0.25, -0.2) is 4.79 Å². The van der Waals surface area contributed by atoms with Gasteiger partial charge in [0, 0.05) is 13.1 Å². The molecule has 0 saturated carbocycles. The number of amides is 1. The fourth-order valence-corrected chi connectivity index (χ4v) is 4.18. The van der Waals surface area contributed by atoms with Crippen LogP contribution in [0.15, 0.2) is 66.7 Å². The smallest absolute Gasteiger partial charge is 0.342 e. The number of hydrogen-bond donors (Lipinski definition) is 0. The summed E-state index contributed by atoms with van der Waals surface area (Å²) < 4.78 is 10.7. The number of benzene rings is 3. The molecule has 3 aromatic carbocycles. The van der Waals surface area contributed by atoms with Gasteiger partial charge >= 0.3 is 5.97 Å². The minimum Gasteiger partial charge on any atom is -0.496 e. The SMILES string of the molecule is COc1cc2ccccc2cc1C(=O)OCC(=O)N1CCC(Cc2ccccc2)CC1. The van der Waals surface area contributed by atoms with Gasteiger partial charge in [0.2, 0.25) is 0 Å². The molecule has 1 fully saturated rings. The third kappa shape index (κ3) is 5.05. The number of likely N-dealkylation sites (tertiary alicyclic amines) is 1. The van der Waals surface area contributed by atoms with Gasteiger partial charge in [-0.05, 0) is 53.6 Å². The number of esters is 1. The molecule has 1 amide bonds. The Labute approximate surface area is 182 Å². The van der Waals surface area contributed by atoms with E-state index in [0.717, 1.165) is 30.0 Å². The van der Waals surface area contributed by atoms with Gasteiger partial charge in [-0.2, -0.15) is 0 Å². The van der Waals surface area contributed by atoms with Crippen molar-refractivity contribution < 1.29 is 19.1 Å². The normalized spacial score (nSPS) is 14.4. The van der Waals surface area contributed by atoms with Gasteiger partial charge in [0.25, 0.3) is 5.91 Å². The zero-order valence-corrected chi connectivity index (χ0v) is 17.8. The van der Waals surface area contributed by atoms with Crippen LogP contribution in [0.3, 0.4) is 0 Å². The first-order valence-corrected chi connectivity index (χ1v) is 10.7. The molecule has 0 spiro atoms. The maximum absolute atomic E-state index is 12.6. The second kappa shape index (κ2) is 9.65. The molecule has 0 unspecified atom stereocenters. The number of rotatable bonds is 6. The van der Waals surface area contributed by atoms with Gasteiger partial charge in [-0.1, -0.05) is 54.6 Å². The molecule has 5 nitrogen and oxygen atoms in total. The summed E-state index contributed by atoms with van der Waals surface area (Å²) in [5, 5.41) is 1.90. The first-order chi connectivity index (χ1) is 15.1. The van der Waals surface area contributed by atoms with Gasteiger partial charge in [0.1, 0.15) is 11.3 Å². The Balaban J connectivity index is 1.31. The van der Waals surface area contributed by atoms with Gasteiger partial charge in [-0.15, -0.1) is 0 Å². The summed E-state index contributed by atoms with van der Waals surface area (Å²) in [4.78, 5) is 27.0. The van der Waals surface area contributed by atoms with Crippen LogP contribution in [0, 0.1) is 5.92 Å². The second-order valence-corrected chi connectivity index (χ2v) is 7.99. The summed E-state index contributed by atoms with van der Waals surface area (Å²) >= 11 is 0. The first-order valence-electron chi connectivity index (χ1n) is 10.7. The summed E-state index contributed by atoms with van der Waals surface area (Å²) in [6, 6.07) is 21.7. The summed E-state index contributed by atoms with van der Waals surface area (Å²) in [5.74, 6) is 0.329. The summed E-state index contributed by atoms with van der Waals surface area (Å²) in [5.41, 5.74) is 1.67. The molecule has 1 saturated heterocycles. The Morgan fingerprint density at radius 3 is 2.26 bits per heavy atom. The van der Waals surface area contributed by atoms with Crippen molar-refractivity contribution in [2.24, 2.45) is 5.92 Å². The summed E-state index contributed by atoms with van der Waals surface area (Å²) in [6.07, 6.45) is 2.97. The standard InChI is InChI=1S/C26H27NO4/c1-30-24-17-22-10-6-5-9-21(22)16-23(24)26(29)31-18-25(28)27-13-11-20(12-14-27)15-19-7-3-2-4-8-19/h2-10,16-17,20H,11-15,18H2,1H3. The molecular formula is C26H27NO4. The molecule has 31 heavy (non-hydrogen) atoms. The number of hydrogen-bond acceptors (Lipinski definition) is 4. The Kier molecular flexibility index (Phi) is 6.51. The van der Waals surface area contributed by atoms with Crippen molar-refractivity contribution in [2.75, 3.05) is 26.8 Å². The van der Waals surface area contributed by atoms with E-state index in [9.17, 15) is 9.59 Å². The highest BCUT2D eigenvalue weighted by Crippen LogP contribution is 2.27. The van der Waals surface area contributed by atoms with Crippen LogP contribution in [0.4, 0.5) is 0 Å². The molecule has 0 bridgehead atoms. The molecule has 0 aliphatic carbocycles. The molecule has 4 rings (SSSR count). The monoisotopic (exact) mass is 417 g/mol. The number of carbonyl (C=O) groups is 2. The predicted octanol–water partition coefficient (Wildman–Crippen LogP) is 4.49. The number of nitrogens with zero attached hydrogens (tertiary/aromatic N) is 1. The second-order valence-electron chi connectivity index (χ2n) is 7.99. The highest BCUT2D eigenvalue weighted by molar-refractivity contribution is 5.99. The minimum absolute atomic E-state index is 0.147. The predicted molar refractivity (Wildman–Crippen MR) is 120 cm³/mol. The van der Waals surface area contributed by atoms with Gasteiger partial charge in [0.15, 0.2) is 6.61 Å². The van der Waals surface area contributed by atoms with Crippen LogP contribution < -0.4 is 4.74 Å². The largest absolute Gasteiger partial charge is 0.496 e. The molecule has 1 aliphatic heterocycles. The van der Waals surface area contributed by atoms with E-state index in [0.29, 0.717) is 30.3 Å². The Morgan fingerprint density at radius 1 is 0.935 bits per heavy atom. The zero-order chi connectivity index (χ0) is 21.6. The van der Waals surface area contributed by atoms with E-state index in [1.165, 1.54) is 12.7 Å². The lowest BCUT2D eigenvalue weighted by molar-refractivity contribution is -0.135. The first kappa shape index (κ1) is 20.9. The Morgan fingerprint density at radius 2 is 1.58 bits per heavy atom. The van der Waals surface area contributed by atoms with Crippen molar-refractivity contribution >= 4 is 22.6 Å². The van der Waals surface area contributed by atoms with Gasteiger partial charge in [0.05, 0.1) is 7.11 Å². The van der Waals surface area contributed by atoms with Crippen LogP contribution in [-0.2, 0) is 16.0 Å². The highest BCUT2D eigenvalue weighted by Gasteiger charge is 2.24. The van der Waals surface area contributed by atoms with Crippen LogP contribution >= 0.6 is 0 Å². The molecule has 0 atom stereocenters. The Hall–Kier alpha value is -3.34. The molecule has 1 heterocycles. The average molecular weight is 418 g/mol. The number of methoxy groups -OCH3 is 1. The molecule has 5 heteroatoms. The third-order valence-electron chi connectivity index (χ3n) is 5.95. The van der Waals surface area contributed by atoms with Crippen LogP contribution in [-0.4, -0.2) is 43.6 Å². The minimum atomic E-state index is -0.546. The maximum Gasteiger partial charge on any atom is 0.342 e. The van der Waals surface area contributed by atoms with E-state index in [-0.39, 0.29) is 12.5 Å². The lowest BCUT2D eigenvalue weighted by Gasteiger charge is -2.32. The van der Waals surface area contributed by atoms with E-state index < -0.39 is 5.97 Å². The third-order valence-corrected chi connectivity index (χ3v) is 5.95. The topological polar surface area (TPSA) is 55.8 Å². The summed E-state index contributed by atoms with van der Waals surface area (Å²) in [6.45, 7) is 1.15. The van der Waals surface area contributed by atoms with Crippen molar-refractivity contribution in [3.8, 4) is 5.75 Å². The maximum atomic E-state index is 12.6. The number of piperidine rings is 1. The van der Waals surface area contributed by atoms with Crippen molar-refractivity contribution in [1.29, 1.82) is 0 Å². The molecule has 3 aromatic rings. The van der Waals surface area contributed by atoms with E-state index >= 15 is 0 Å². The van der Waals surface area contributed by atoms with E-state index in [2.05, 4.69) is 24.3 Å². The molecule has 160 valence electrons. The lowest BCUT2D eigenvalue weighted by atomic mass is 9.90. The van der Waals surface area contributed by atoms with Gasteiger partial charge in [-0.3, -0.25) is 4.79 Å². The summed E-state index contributed by atoms with van der Waals surface area (Å²) in [7, 11) is 1.52. The average Bonchev–Trinajstić information content (AvgIpc) is 2.82. The molecule has 0 radical (unpaired) electrons. The number of carbonyl (C=O) groups excluding carboxylic acids is 2. The number of ether oxygens (including phenoxy) is 2. The zero-order valence-electron chi connectivity index (χ0n) is 17.8. The van der Waals surface area contributed by atoms with Crippen LogP contribution in [0.2, 0.25) is 0 Å². The number of fused-ring (bicyclic) bond motifs is 1. The quantitative estimate of drug-likeness (QED) is 0.555. The van der Waals surface area contributed by atoms with Crippen LogP contribution in [0.1, 0.15) is 28.8 Å². The Bertz CT molecular complexity index is 1060.